The topological polar surface area (TPSA) is 26.0 Å². The van der Waals surface area contributed by atoms with E-state index in [-0.39, 0.29) is 5.41 Å². The van der Waals surface area contributed by atoms with Gasteiger partial charge < -0.3 is 5.73 Å². The van der Waals surface area contributed by atoms with Crippen LogP contribution in [0.15, 0.2) is 42.5 Å². The summed E-state index contributed by atoms with van der Waals surface area (Å²) >= 11 is 0. The number of hydrogen-bond donors (Lipinski definition) is 1. The number of hydrogen-bond acceptors (Lipinski definition) is 1. The lowest BCUT2D eigenvalue weighted by Gasteiger charge is -2.12. The van der Waals surface area contributed by atoms with Crippen LogP contribution in [-0.4, -0.2) is 6.04 Å². The van der Waals surface area contributed by atoms with E-state index < -0.39 is 0 Å². The van der Waals surface area contributed by atoms with E-state index >= 15 is 0 Å². The van der Waals surface area contributed by atoms with Crippen molar-refractivity contribution in [3.8, 4) is 11.1 Å². The predicted octanol–water partition coefficient (Wildman–Crippen LogP) is 3.25. The molecule has 18 heavy (non-hydrogen) atoms. The molecule has 1 nitrogen and oxygen atoms in total. The molecular weight excluding hydrogens is 218 g/mol. The number of rotatable bonds is 1. The third-order valence-electron chi connectivity index (χ3n) is 4.76. The van der Waals surface area contributed by atoms with Crippen LogP contribution in [0.4, 0.5) is 0 Å². The molecule has 2 aliphatic carbocycles. The van der Waals surface area contributed by atoms with Gasteiger partial charge in [0.1, 0.15) is 0 Å². The highest BCUT2D eigenvalue weighted by molar-refractivity contribution is 5.77. The van der Waals surface area contributed by atoms with Gasteiger partial charge in [-0.1, -0.05) is 49.4 Å². The minimum atomic E-state index is 0.226. The molecule has 0 aliphatic heterocycles. The quantitative estimate of drug-likeness (QED) is 0.688. The Morgan fingerprint density at radius 3 is 2.56 bits per heavy atom. The second-order valence-electron chi connectivity index (χ2n) is 5.93. The number of nitrogens with two attached hydrogens (primary N) is 1. The highest BCUT2D eigenvalue weighted by atomic mass is 14.8. The molecule has 0 aromatic heterocycles. The first kappa shape index (κ1) is 10.3. The zero-order chi connectivity index (χ0) is 12.3. The van der Waals surface area contributed by atoms with Gasteiger partial charge in [-0.25, -0.2) is 0 Å². The van der Waals surface area contributed by atoms with Gasteiger partial charge in [0.05, 0.1) is 0 Å². The van der Waals surface area contributed by atoms with Crippen molar-refractivity contribution >= 4 is 0 Å². The van der Waals surface area contributed by atoms with Crippen molar-refractivity contribution in [2.24, 2.45) is 5.73 Å². The Kier molecular flexibility index (Phi) is 1.86. The Morgan fingerprint density at radius 1 is 1.06 bits per heavy atom. The Balaban J connectivity index is 1.82. The first-order chi connectivity index (χ1) is 8.68. The summed E-state index contributed by atoms with van der Waals surface area (Å²) in [4.78, 5) is 0. The molecule has 90 valence electrons. The molecule has 2 aromatic rings. The standard InChI is InChI=1S/C17H17N/c1-17(10-16(17)18)13-6-7-15-12(9-13)8-11-4-2-3-5-14(11)15/h2-7,9,16H,8,10,18H2,1H3. The average Bonchev–Trinajstić information content (AvgIpc) is 2.86. The number of benzene rings is 2. The fourth-order valence-corrected chi connectivity index (χ4v) is 3.23. The van der Waals surface area contributed by atoms with Gasteiger partial charge in [-0.15, -0.1) is 0 Å². The van der Waals surface area contributed by atoms with Gasteiger partial charge in [0.15, 0.2) is 0 Å². The second kappa shape index (κ2) is 3.24. The Hall–Kier alpha value is -1.60. The van der Waals surface area contributed by atoms with E-state index in [9.17, 15) is 0 Å². The Labute approximate surface area is 108 Å². The molecule has 0 bridgehead atoms. The van der Waals surface area contributed by atoms with Crippen LogP contribution in [0.2, 0.25) is 0 Å². The summed E-state index contributed by atoms with van der Waals surface area (Å²) in [5.74, 6) is 0. The van der Waals surface area contributed by atoms with Gasteiger partial charge in [0.2, 0.25) is 0 Å². The molecule has 4 rings (SSSR count). The van der Waals surface area contributed by atoms with E-state index in [1.165, 1.54) is 27.8 Å². The van der Waals surface area contributed by atoms with Gasteiger partial charge in [-0.3, -0.25) is 0 Å². The first-order valence-corrected chi connectivity index (χ1v) is 6.66. The van der Waals surface area contributed by atoms with E-state index in [4.69, 9.17) is 5.73 Å². The smallest absolute Gasteiger partial charge is 0.0143 e. The number of fused-ring (bicyclic) bond motifs is 3. The molecule has 1 fully saturated rings. The predicted molar refractivity (Wildman–Crippen MR) is 74.6 cm³/mol. The zero-order valence-electron chi connectivity index (χ0n) is 10.6. The first-order valence-electron chi connectivity index (χ1n) is 6.66. The molecule has 0 radical (unpaired) electrons. The highest BCUT2D eigenvalue weighted by Gasteiger charge is 2.48. The van der Waals surface area contributed by atoms with E-state index in [1.54, 1.807) is 0 Å². The lowest BCUT2D eigenvalue weighted by molar-refractivity contribution is 0.740. The minimum Gasteiger partial charge on any atom is -0.327 e. The molecule has 1 heteroatoms. The van der Waals surface area contributed by atoms with E-state index in [0.717, 1.165) is 12.8 Å². The molecule has 2 aliphatic rings. The second-order valence-corrected chi connectivity index (χ2v) is 5.93. The summed E-state index contributed by atoms with van der Waals surface area (Å²) in [5.41, 5.74) is 13.4. The maximum absolute atomic E-state index is 6.06. The SMILES string of the molecule is CC1(c2ccc3c(c2)Cc2ccccc2-3)CC1N. The summed E-state index contributed by atoms with van der Waals surface area (Å²) < 4.78 is 0. The molecular formula is C17H17N. The van der Waals surface area contributed by atoms with Crippen molar-refractivity contribution in [2.45, 2.75) is 31.2 Å². The van der Waals surface area contributed by atoms with Crippen LogP contribution in [0, 0.1) is 0 Å². The molecule has 2 aromatic carbocycles. The maximum atomic E-state index is 6.06. The molecule has 2 atom stereocenters. The van der Waals surface area contributed by atoms with Crippen molar-refractivity contribution in [3.63, 3.8) is 0 Å². The summed E-state index contributed by atoms with van der Waals surface area (Å²) in [7, 11) is 0. The van der Waals surface area contributed by atoms with Gasteiger partial charge in [-0.2, -0.15) is 0 Å². The van der Waals surface area contributed by atoms with E-state index in [1.807, 2.05) is 0 Å². The zero-order valence-corrected chi connectivity index (χ0v) is 10.6. The molecule has 0 amide bonds. The molecule has 0 heterocycles. The molecule has 0 saturated heterocycles. The van der Waals surface area contributed by atoms with Crippen molar-refractivity contribution < 1.29 is 0 Å². The summed E-state index contributed by atoms with van der Waals surface area (Å²) in [6, 6.07) is 16.0. The van der Waals surface area contributed by atoms with Crippen LogP contribution in [0.25, 0.3) is 11.1 Å². The van der Waals surface area contributed by atoms with Crippen LogP contribution in [0.5, 0.6) is 0 Å². The van der Waals surface area contributed by atoms with Crippen LogP contribution in [0.1, 0.15) is 30.0 Å². The van der Waals surface area contributed by atoms with Crippen LogP contribution >= 0.6 is 0 Å². The minimum absolute atomic E-state index is 0.226. The fourth-order valence-electron chi connectivity index (χ4n) is 3.23. The van der Waals surface area contributed by atoms with Gasteiger partial charge >= 0.3 is 0 Å². The van der Waals surface area contributed by atoms with Crippen LogP contribution < -0.4 is 5.73 Å². The summed E-state index contributed by atoms with van der Waals surface area (Å²) in [5, 5.41) is 0. The largest absolute Gasteiger partial charge is 0.327 e. The Morgan fingerprint density at radius 2 is 1.78 bits per heavy atom. The van der Waals surface area contributed by atoms with Gasteiger partial charge in [-0.05, 0) is 40.7 Å². The third-order valence-corrected chi connectivity index (χ3v) is 4.76. The molecule has 2 N–H and O–H groups in total. The average molecular weight is 235 g/mol. The lowest BCUT2D eigenvalue weighted by Crippen LogP contribution is -2.14. The summed E-state index contributed by atoms with van der Waals surface area (Å²) in [6.07, 6.45) is 2.20. The molecule has 0 spiro atoms. The lowest BCUT2D eigenvalue weighted by atomic mass is 9.93. The van der Waals surface area contributed by atoms with E-state index in [2.05, 4.69) is 49.4 Å². The monoisotopic (exact) mass is 235 g/mol. The maximum Gasteiger partial charge on any atom is 0.0143 e. The van der Waals surface area contributed by atoms with Crippen molar-refractivity contribution in [1.29, 1.82) is 0 Å². The van der Waals surface area contributed by atoms with Crippen LogP contribution in [0.3, 0.4) is 0 Å². The fraction of sp³-hybridized carbons (Fsp3) is 0.294. The van der Waals surface area contributed by atoms with Gasteiger partial charge in [0, 0.05) is 11.5 Å². The van der Waals surface area contributed by atoms with Crippen molar-refractivity contribution in [3.05, 3.63) is 59.2 Å². The highest BCUT2D eigenvalue weighted by Crippen LogP contribution is 2.48. The van der Waals surface area contributed by atoms with Crippen molar-refractivity contribution in [2.75, 3.05) is 0 Å². The van der Waals surface area contributed by atoms with Crippen molar-refractivity contribution in [1.82, 2.24) is 0 Å². The third kappa shape index (κ3) is 1.25. The van der Waals surface area contributed by atoms with Gasteiger partial charge in [0.25, 0.3) is 0 Å². The summed E-state index contributed by atoms with van der Waals surface area (Å²) in [6.45, 7) is 2.28. The molecule has 1 saturated carbocycles. The van der Waals surface area contributed by atoms with Crippen LogP contribution in [-0.2, 0) is 11.8 Å². The molecule has 2 unspecified atom stereocenters. The Bertz CT molecular complexity index is 644. The normalized spacial score (nSPS) is 27.8. The van der Waals surface area contributed by atoms with E-state index in [0.29, 0.717) is 6.04 Å².